The minimum absolute atomic E-state index is 0.191. The van der Waals surface area contributed by atoms with Crippen molar-refractivity contribution >= 4 is 17.1 Å². The molecule has 7 heteroatoms. The van der Waals surface area contributed by atoms with Gasteiger partial charge in [-0.05, 0) is 59.4 Å². The second-order valence-corrected chi connectivity index (χ2v) is 13.7. The van der Waals surface area contributed by atoms with Crippen LogP contribution in [0.2, 0.25) is 25.7 Å². The van der Waals surface area contributed by atoms with Gasteiger partial charge in [0.25, 0.3) is 0 Å². The summed E-state index contributed by atoms with van der Waals surface area (Å²) in [6.45, 7) is 15.0. The summed E-state index contributed by atoms with van der Waals surface area (Å²) in [5.41, 5.74) is 5.28. The highest BCUT2D eigenvalue weighted by Gasteiger charge is 2.41. The fourth-order valence-corrected chi connectivity index (χ4v) is 9.38. The Kier molecular flexibility index (Phi) is 8.72. The summed E-state index contributed by atoms with van der Waals surface area (Å²) >= 11 is 0. The lowest BCUT2D eigenvalue weighted by molar-refractivity contribution is 0.0832. The molecule has 0 aromatic rings. The molecular weight excluding hydrogens is 288 g/mol. The maximum absolute atomic E-state index is 6.34. The van der Waals surface area contributed by atoms with E-state index in [4.69, 9.17) is 18.7 Å². The molecule has 0 aliphatic rings. The van der Waals surface area contributed by atoms with Crippen molar-refractivity contribution in [1.29, 1.82) is 0 Å². The first kappa shape index (κ1) is 20.2. The lowest BCUT2D eigenvalue weighted by atomic mass is 10.2. The number of nitrogens with one attached hydrogen (secondary N) is 1. The molecule has 0 aliphatic heterocycles. The number of rotatable bonds is 10. The molecule has 0 aromatic carbocycles. The normalized spacial score (nSPS) is 16.2. The van der Waals surface area contributed by atoms with Crippen molar-refractivity contribution in [3.63, 3.8) is 0 Å². The zero-order chi connectivity index (χ0) is 15.9. The van der Waals surface area contributed by atoms with Gasteiger partial charge in [-0.2, -0.15) is 0 Å². The first-order chi connectivity index (χ1) is 9.04. The minimum Gasteiger partial charge on any atom is -0.415 e. The molecule has 0 aliphatic carbocycles. The van der Waals surface area contributed by atoms with Gasteiger partial charge in [0.1, 0.15) is 0 Å². The summed E-state index contributed by atoms with van der Waals surface area (Å²) in [6, 6.07) is 0.960. The summed E-state index contributed by atoms with van der Waals surface area (Å²) in [7, 11) is -2.60. The Morgan fingerprint density at radius 1 is 1.10 bits per heavy atom. The summed E-state index contributed by atoms with van der Waals surface area (Å²) in [6.07, 6.45) is 1.03. The monoisotopic (exact) mass is 322 g/mol. The zero-order valence-electron chi connectivity index (χ0n) is 14.3. The molecule has 0 spiro atoms. The van der Waals surface area contributed by atoms with E-state index in [1.165, 1.54) is 0 Å². The van der Waals surface area contributed by atoms with E-state index in [1.807, 2.05) is 0 Å². The zero-order valence-corrected chi connectivity index (χ0v) is 16.3. The van der Waals surface area contributed by atoms with Crippen LogP contribution in [0.3, 0.4) is 0 Å². The van der Waals surface area contributed by atoms with Crippen LogP contribution in [0.4, 0.5) is 0 Å². The lowest BCUT2D eigenvalue weighted by Crippen LogP contribution is -2.53. The Bertz CT molecular complexity index is 273. The fraction of sp³-hybridized carbons (Fsp3) is 1.00. The van der Waals surface area contributed by atoms with E-state index < -0.39 is 17.1 Å². The second kappa shape index (κ2) is 8.62. The van der Waals surface area contributed by atoms with Crippen LogP contribution in [-0.2, 0) is 13.0 Å². The highest BCUT2D eigenvalue weighted by Crippen LogP contribution is 2.26. The predicted octanol–water partition coefficient (Wildman–Crippen LogP) is 2.18. The van der Waals surface area contributed by atoms with Crippen LogP contribution in [0.1, 0.15) is 27.2 Å². The van der Waals surface area contributed by atoms with Crippen molar-refractivity contribution in [3.05, 3.63) is 0 Å². The predicted molar refractivity (Wildman–Crippen MR) is 89.4 cm³/mol. The third kappa shape index (κ3) is 10.0. The number of nitrogens with two attached hydrogens (primary N) is 1. The Morgan fingerprint density at radius 3 is 2.15 bits per heavy atom. The van der Waals surface area contributed by atoms with Crippen LogP contribution in [-0.4, -0.2) is 49.5 Å². The number of hydrogen-bond donors (Lipinski definition) is 2. The van der Waals surface area contributed by atoms with Crippen molar-refractivity contribution < 1.29 is 13.0 Å². The SMILES string of the molecule is CO[Si](C)(C)O[Si](C)(CCCNCCN)OC(C)(C)C. The Labute approximate surface area is 127 Å². The molecule has 0 radical (unpaired) electrons. The molecule has 3 N–H and O–H groups in total. The molecule has 0 fully saturated rings. The summed E-state index contributed by atoms with van der Waals surface area (Å²) < 4.78 is 18.2. The van der Waals surface area contributed by atoms with Crippen LogP contribution in [0.15, 0.2) is 0 Å². The van der Waals surface area contributed by atoms with Gasteiger partial charge in [-0.1, -0.05) is 0 Å². The summed E-state index contributed by atoms with van der Waals surface area (Å²) in [5.74, 6) is 0. The maximum Gasteiger partial charge on any atom is 0.326 e. The maximum atomic E-state index is 6.34. The van der Waals surface area contributed by atoms with Crippen molar-refractivity contribution in [3.8, 4) is 0 Å². The van der Waals surface area contributed by atoms with Crippen molar-refractivity contribution in [1.82, 2.24) is 5.32 Å². The van der Waals surface area contributed by atoms with E-state index in [9.17, 15) is 0 Å². The summed E-state index contributed by atoms with van der Waals surface area (Å²) in [5, 5.41) is 3.31. The minimum atomic E-state index is -2.24. The topological polar surface area (TPSA) is 65.7 Å². The molecule has 0 saturated carbocycles. The van der Waals surface area contributed by atoms with E-state index in [2.05, 4.69) is 45.7 Å². The molecular formula is C13H34N2O3Si2. The molecule has 1 atom stereocenters. The van der Waals surface area contributed by atoms with Crippen molar-refractivity contribution in [2.45, 2.75) is 58.5 Å². The average Bonchev–Trinajstić information content (AvgIpc) is 2.25. The molecule has 5 nitrogen and oxygen atoms in total. The molecule has 0 amide bonds. The van der Waals surface area contributed by atoms with Crippen molar-refractivity contribution in [2.75, 3.05) is 26.7 Å². The molecule has 0 bridgehead atoms. The average molecular weight is 323 g/mol. The van der Waals surface area contributed by atoms with Gasteiger partial charge in [0.2, 0.25) is 0 Å². The van der Waals surface area contributed by atoms with Gasteiger partial charge in [0.15, 0.2) is 0 Å². The van der Waals surface area contributed by atoms with Gasteiger partial charge in [0.05, 0.1) is 5.60 Å². The fourth-order valence-electron chi connectivity index (χ4n) is 2.09. The van der Waals surface area contributed by atoms with Crippen LogP contribution in [0, 0.1) is 0 Å². The molecule has 20 heavy (non-hydrogen) atoms. The number of hydrogen-bond acceptors (Lipinski definition) is 5. The third-order valence-corrected chi connectivity index (χ3v) is 9.76. The van der Waals surface area contributed by atoms with Gasteiger partial charge in [0, 0.05) is 20.2 Å². The van der Waals surface area contributed by atoms with Crippen LogP contribution in [0.25, 0.3) is 0 Å². The molecule has 122 valence electrons. The van der Waals surface area contributed by atoms with Gasteiger partial charge >= 0.3 is 17.1 Å². The Morgan fingerprint density at radius 2 is 1.70 bits per heavy atom. The first-order valence-corrected chi connectivity index (χ1v) is 12.7. The third-order valence-electron chi connectivity index (χ3n) is 2.78. The standard InChI is InChI=1S/C13H34N2O3Si2/c1-13(2,3)17-20(7,18-19(5,6)16-4)12-8-10-15-11-9-14/h15H,8-12,14H2,1-7H3. The second-order valence-electron chi connectivity index (χ2n) is 6.70. The highest BCUT2D eigenvalue weighted by atomic mass is 28.5. The van der Waals surface area contributed by atoms with Crippen molar-refractivity contribution in [2.24, 2.45) is 5.73 Å². The Balaban J connectivity index is 4.54. The molecule has 0 aromatic heterocycles. The molecule has 1 unspecified atom stereocenters. The Hall–Kier alpha value is 0.234. The lowest BCUT2D eigenvalue weighted by Gasteiger charge is -2.39. The smallest absolute Gasteiger partial charge is 0.326 e. The summed E-state index contributed by atoms with van der Waals surface area (Å²) in [4.78, 5) is 0. The van der Waals surface area contributed by atoms with Gasteiger partial charge in [-0.25, -0.2) is 0 Å². The van der Waals surface area contributed by atoms with Crippen LogP contribution in [0.5, 0.6) is 0 Å². The molecule has 0 rings (SSSR count). The van der Waals surface area contributed by atoms with E-state index in [-0.39, 0.29) is 5.60 Å². The van der Waals surface area contributed by atoms with Crippen LogP contribution >= 0.6 is 0 Å². The van der Waals surface area contributed by atoms with Gasteiger partial charge in [-0.15, -0.1) is 0 Å². The highest BCUT2D eigenvalue weighted by molar-refractivity contribution is 6.79. The first-order valence-electron chi connectivity index (χ1n) is 7.40. The molecule has 0 heterocycles. The van der Waals surface area contributed by atoms with Gasteiger partial charge < -0.3 is 24.0 Å². The van der Waals surface area contributed by atoms with E-state index in [0.717, 1.165) is 25.6 Å². The largest absolute Gasteiger partial charge is 0.415 e. The van der Waals surface area contributed by atoms with E-state index in [1.54, 1.807) is 7.11 Å². The van der Waals surface area contributed by atoms with Crippen LogP contribution < -0.4 is 11.1 Å². The van der Waals surface area contributed by atoms with E-state index in [0.29, 0.717) is 6.54 Å². The molecule has 0 saturated heterocycles. The van der Waals surface area contributed by atoms with Gasteiger partial charge in [-0.3, -0.25) is 0 Å². The quantitative estimate of drug-likeness (QED) is 0.477. The van der Waals surface area contributed by atoms with E-state index >= 15 is 0 Å².